The van der Waals surface area contributed by atoms with Crippen molar-refractivity contribution in [1.29, 1.82) is 0 Å². The molecule has 0 unspecified atom stereocenters. The third-order valence-electron chi connectivity index (χ3n) is 2.93. The van der Waals surface area contributed by atoms with E-state index in [9.17, 15) is 4.79 Å². The Kier molecular flexibility index (Phi) is 5.12. The van der Waals surface area contributed by atoms with Crippen LogP contribution in [0, 0.1) is 0 Å². The quantitative estimate of drug-likeness (QED) is 0.848. The number of hydrogen-bond acceptors (Lipinski definition) is 3. The number of benzene rings is 1. The molecule has 2 rings (SSSR count). The molecule has 1 aromatic carbocycles. The lowest BCUT2D eigenvalue weighted by molar-refractivity contribution is 0.0951. The molecule has 0 aliphatic heterocycles. The van der Waals surface area contributed by atoms with Crippen molar-refractivity contribution in [2.75, 3.05) is 11.9 Å². The summed E-state index contributed by atoms with van der Waals surface area (Å²) < 4.78 is 0. The lowest BCUT2D eigenvalue weighted by atomic mass is 10.2. The van der Waals surface area contributed by atoms with Crippen LogP contribution in [0.15, 0.2) is 48.8 Å². The summed E-state index contributed by atoms with van der Waals surface area (Å²) in [6.45, 7) is 3.43. The molecule has 1 heterocycles. The summed E-state index contributed by atoms with van der Waals surface area (Å²) in [6.07, 6.45) is 4.32. The molecule has 104 valence electrons. The fraction of sp³-hybridized carbons (Fsp3) is 0.250. The minimum Gasteiger partial charge on any atom is -0.383 e. The highest BCUT2D eigenvalue weighted by Gasteiger charge is 2.10. The van der Waals surface area contributed by atoms with Gasteiger partial charge in [-0.15, -0.1) is 0 Å². The number of amides is 1. The molecular weight excluding hydrogens is 250 g/mol. The van der Waals surface area contributed by atoms with Gasteiger partial charge in [0.2, 0.25) is 0 Å². The highest BCUT2D eigenvalue weighted by atomic mass is 16.1. The van der Waals surface area contributed by atoms with Crippen LogP contribution in [0.5, 0.6) is 0 Å². The SMILES string of the molecule is CCCNc1cnccc1C(=O)NCc1ccccc1. The van der Waals surface area contributed by atoms with E-state index in [1.807, 2.05) is 30.3 Å². The van der Waals surface area contributed by atoms with Gasteiger partial charge in [-0.25, -0.2) is 0 Å². The van der Waals surface area contributed by atoms with Crippen molar-refractivity contribution in [3.05, 3.63) is 59.9 Å². The molecule has 0 spiro atoms. The Morgan fingerprint density at radius 1 is 1.20 bits per heavy atom. The van der Waals surface area contributed by atoms with E-state index < -0.39 is 0 Å². The number of carbonyl (C=O) groups excluding carboxylic acids is 1. The summed E-state index contributed by atoms with van der Waals surface area (Å²) in [5.41, 5.74) is 2.49. The second kappa shape index (κ2) is 7.28. The number of nitrogens with zero attached hydrogens (tertiary/aromatic N) is 1. The van der Waals surface area contributed by atoms with E-state index in [1.54, 1.807) is 18.5 Å². The lowest BCUT2D eigenvalue weighted by Gasteiger charge is -2.11. The topological polar surface area (TPSA) is 54.0 Å². The molecule has 2 aromatic rings. The first-order valence-electron chi connectivity index (χ1n) is 6.81. The smallest absolute Gasteiger partial charge is 0.253 e. The van der Waals surface area contributed by atoms with Crippen molar-refractivity contribution in [1.82, 2.24) is 10.3 Å². The Hall–Kier alpha value is -2.36. The van der Waals surface area contributed by atoms with Crippen LogP contribution in [0.3, 0.4) is 0 Å². The molecule has 0 fully saturated rings. The van der Waals surface area contributed by atoms with E-state index in [-0.39, 0.29) is 5.91 Å². The van der Waals surface area contributed by atoms with Crippen LogP contribution >= 0.6 is 0 Å². The van der Waals surface area contributed by atoms with Gasteiger partial charge in [0.15, 0.2) is 0 Å². The third kappa shape index (κ3) is 3.82. The molecule has 0 saturated carbocycles. The van der Waals surface area contributed by atoms with Gasteiger partial charge in [-0.2, -0.15) is 0 Å². The fourth-order valence-corrected chi connectivity index (χ4v) is 1.87. The van der Waals surface area contributed by atoms with E-state index in [1.165, 1.54) is 0 Å². The standard InChI is InChI=1S/C16H19N3O/c1-2-9-18-15-12-17-10-8-14(15)16(20)19-11-13-6-4-3-5-7-13/h3-8,10,12,18H,2,9,11H2,1H3,(H,19,20). The zero-order chi connectivity index (χ0) is 14.2. The van der Waals surface area contributed by atoms with Crippen molar-refractivity contribution in [3.8, 4) is 0 Å². The van der Waals surface area contributed by atoms with Gasteiger partial charge in [-0.05, 0) is 18.1 Å². The van der Waals surface area contributed by atoms with Gasteiger partial charge in [0.25, 0.3) is 5.91 Å². The summed E-state index contributed by atoms with van der Waals surface area (Å²) in [4.78, 5) is 16.3. The number of pyridine rings is 1. The molecule has 4 nitrogen and oxygen atoms in total. The highest BCUT2D eigenvalue weighted by Crippen LogP contribution is 2.13. The van der Waals surface area contributed by atoms with E-state index in [0.29, 0.717) is 12.1 Å². The highest BCUT2D eigenvalue weighted by molar-refractivity contribution is 5.99. The zero-order valence-corrected chi connectivity index (χ0v) is 11.6. The summed E-state index contributed by atoms with van der Waals surface area (Å²) >= 11 is 0. The number of anilines is 1. The van der Waals surface area contributed by atoms with Gasteiger partial charge >= 0.3 is 0 Å². The molecule has 2 N–H and O–H groups in total. The van der Waals surface area contributed by atoms with E-state index in [4.69, 9.17) is 0 Å². The molecule has 1 amide bonds. The largest absolute Gasteiger partial charge is 0.383 e. The normalized spacial score (nSPS) is 10.1. The second-order valence-corrected chi connectivity index (χ2v) is 4.52. The molecule has 0 radical (unpaired) electrons. The molecule has 0 bridgehead atoms. The Bertz CT molecular complexity index is 555. The second-order valence-electron chi connectivity index (χ2n) is 4.52. The summed E-state index contributed by atoms with van der Waals surface area (Å²) in [5.74, 6) is -0.0881. The number of hydrogen-bond donors (Lipinski definition) is 2. The van der Waals surface area contributed by atoms with Gasteiger partial charge in [-0.1, -0.05) is 37.3 Å². The van der Waals surface area contributed by atoms with E-state index in [2.05, 4.69) is 22.5 Å². The predicted molar refractivity (Wildman–Crippen MR) is 80.6 cm³/mol. The third-order valence-corrected chi connectivity index (χ3v) is 2.93. The molecule has 0 aliphatic rings. The number of rotatable bonds is 6. The van der Waals surface area contributed by atoms with Crippen molar-refractivity contribution in [2.24, 2.45) is 0 Å². The van der Waals surface area contributed by atoms with Crippen molar-refractivity contribution in [2.45, 2.75) is 19.9 Å². The molecular formula is C16H19N3O. The first-order valence-corrected chi connectivity index (χ1v) is 6.81. The van der Waals surface area contributed by atoms with Crippen molar-refractivity contribution >= 4 is 11.6 Å². The van der Waals surface area contributed by atoms with Gasteiger partial charge < -0.3 is 10.6 Å². The molecule has 0 saturated heterocycles. The first-order chi connectivity index (χ1) is 9.81. The number of carbonyl (C=O) groups is 1. The molecule has 0 aliphatic carbocycles. The summed E-state index contributed by atoms with van der Waals surface area (Å²) in [5, 5.41) is 6.14. The minimum atomic E-state index is -0.0881. The monoisotopic (exact) mass is 269 g/mol. The maximum Gasteiger partial charge on any atom is 0.253 e. The maximum atomic E-state index is 12.2. The van der Waals surface area contributed by atoms with Gasteiger partial charge in [-0.3, -0.25) is 9.78 Å². The predicted octanol–water partition coefficient (Wildman–Crippen LogP) is 2.83. The Morgan fingerprint density at radius 3 is 2.75 bits per heavy atom. The Balaban J connectivity index is 2.01. The first kappa shape index (κ1) is 14.1. The van der Waals surface area contributed by atoms with Crippen LogP contribution in [0.1, 0.15) is 29.3 Å². The molecule has 1 aromatic heterocycles. The summed E-state index contributed by atoms with van der Waals surface area (Å²) in [7, 11) is 0. The molecule has 4 heteroatoms. The van der Waals surface area contributed by atoms with E-state index >= 15 is 0 Å². The Labute approximate surface area is 119 Å². The Morgan fingerprint density at radius 2 is 2.00 bits per heavy atom. The van der Waals surface area contributed by atoms with Crippen LogP contribution in [0.2, 0.25) is 0 Å². The fourth-order valence-electron chi connectivity index (χ4n) is 1.87. The van der Waals surface area contributed by atoms with Crippen molar-refractivity contribution < 1.29 is 4.79 Å². The number of nitrogens with one attached hydrogen (secondary N) is 2. The van der Waals surface area contributed by atoms with Gasteiger partial charge in [0.05, 0.1) is 17.4 Å². The van der Waals surface area contributed by atoms with Crippen LogP contribution < -0.4 is 10.6 Å². The number of aromatic nitrogens is 1. The zero-order valence-electron chi connectivity index (χ0n) is 11.6. The van der Waals surface area contributed by atoms with Crippen LogP contribution in [0.4, 0.5) is 5.69 Å². The maximum absolute atomic E-state index is 12.2. The minimum absolute atomic E-state index is 0.0881. The molecule has 20 heavy (non-hydrogen) atoms. The van der Waals surface area contributed by atoms with Crippen molar-refractivity contribution in [3.63, 3.8) is 0 Å². The average Bonchev–Trinajstić information content (AvgIpc) is 2.52. The van der Waals surface area contributed by atoms with E-state index in [0.717, 1.165) is 24.2 Å². The lowest BCUT2D eigenvalue weighted by Crippen LogP contribution is -2.24. The van der Waals surface area contributed by atoms with Crippen LogP contribution in [-0.2, 0) is 6.54 Å². The summed E-state index contributed by atoms with van der Waals surface area (Å²) in [6, 6.07) is 11.6. The average molecular weight is 269 g/mol. The van der Waals surface area contributed by atoms with Crippen LogP contribution in [0.25, 0.3) is 0 Å². The van der Waals surface area contributed by atoms with Gasteiger partial charge in [0, 0.05) is 19.3 Å². The van der Waals surface area contributed by atoms with Crippen LogP contribution in [-0.4, -0.2) is 17.4 Å². The van der Waals surface area contributed by atoms with Gasteiger partial charge in [0.1, 0.15) is 0 Å². The molecule has 0 atom stereocenters.